The molecule has 1 amide bonds. The van der Waals surface area contributed by atoms with Crippen molar-refractivity contribution in [2.75, 3.05) is 0 Å². The molecule has 1 aromatic carbocycles. The van der Waals surface area contributed by atoms with E-state index in [-0.39, 0.29) is 17.8 Å². The zero-order chi connectivity index (χ0) is 15.0. The number of amides is 1. The number of aromatic nitrogens is 3. The van der Waals surface area contributed by atoms with Gasteiger partial charge in [0.15, 0.2) is 0 Å². The van der Waals surface area contributed by atoms with Gasteiger partial charge in [0, 0.05) is 7.05 Å². The largest absolute Gasteiger partial charge is 0.344 e. The Bertz CT molecular complexity index is 678. The van der Waals surface area contributed by atoms with Gasteiger partial charge in [-0.05, 0) is 42.9 Å². The van der Waals surface area contributed by atoms with Crippen molar-refractivity contribution in [2.24, 2.45) is 13.0 Å². The van der Waals surface area contributed by atoms with Crippen LogP contribution in [0.1, 0.15) is 40.5 Å². The van der Waals surface area contributed by atoms with E-state index in [0.29, 0.717) is 17.2 Å². The molecule has 0 bridgehead atoms. The van der Waals surface area contributed by atoms with Crippen molar-refractivity contribution >= 4 is 5.91 Å². The zero-order valence-corrected chi connectivity index (χ0v) is 12.0. The van der Waals surface area contributed by atoms with Crippen molar-refractivity contribution in [3.05, 3.63) is 47.0 Å². The summed E-state index contributed by atoms with van der Waals surface area (Å²) in [5.74, 6) is -0.0168. The maximum atomic E-state index is 13.4. The fourth-order valence-corrected chi connectivity index (χ4v) is 2.47. The lowest BCUT2D eigenvalue weighted by Crippen LogP contribution is -2.31. The van der Waals surface area contributed by atoms with Crippen LogP contribution in [-0.2, 0) is 7.05 Å². The third kappa shape index (κ3) is 2.79. The molecule has 110 valence electrons. The minimum absolute atomic E-state index is 0.0910. The molecular formula is C15H17FN4O. The molecule has 0 saturated heterocycles. The molecule has 1 N–H and O–H groups in total. The van der Waals surface area contributed by atoms with E-state index in [1.807, 2.05) is 0 Å². The minimum atomic E-state index is -0.226. The van der Waals surface area contributed by atoms with E-state index in [1.165, 1.54) is 16.9 Å². The van der Waals surface area contributed by atoms with Crippen LogP contribution >= 0.6 is 0 Å². The second-order valence-electron chi connectivity index (χ2n) is 5.54. The van der Waals surface area contributed by atoms with E-state index in [9.17, 15) is 9.18 Å². The molecule has 21 heavy (non-hydrogen) atoms. The van der Waals surface area contributed by atoms with Crippen LogP contribution in [0.5, 0.6) is 0 Å². The van der Waals surface area contributed by atoms with Crippen LogP contribution in [0, 0.1) is 18.7 Å². The molecule has 1 saturated carbocycles. The van der Waals surface area contributed by atoms with Crippen molar-refractivity contribution in [3.8, 4) is 0 Å². The van der Waals surface area contributed by atoms with Gasteiger partial charge >= 0.3 is 0 Å². The fourth-order valence-electron chi connectivity index (χ4n) is 2.47. The highest BCUT2D eigenvalue weighted by Crippen LogP contribution is 2.41. The third-order valence-electron chi connectivity index (χ3n) is 3.87. The monoisotopic (exact) mass is 288 g/mol. The minimum Gasteiger partial charge on any atom is -0.344 e. The Morgan fingerprint density at radius 1 is 1.48 bits per heavy atom. The number of aryl methyl sites for hydroxylation is 2. The van der Waals surface area contributed by atoms with Gasteiger partial charge in [-0.25, -0.2) is 9.07 Å². The van der Waals surface area contributed by atoms with Crippen LogP contribution in [0.25, 0.3) is 0 Å². The van der Waals surface area contributed by atoms with Gasteiger partial charge in [0.1, 0.15) is 11.5 Å². The molecule has 3 rings (SSSR count). The standard InChI is InChI=1S/C15H17FN4O/c1-9-7-11(5-6-12(9)16)14(10-3-4-10)18-15(21)13-8-17-19-20(13)2/h5-8,10,14H,3-4H2,1-2H3,(H,18,21). The lowest BCUT2D eigenvalue weighted by Gasteiger charge is -2.19. The lowest BCUT2D eigenvalue weighted by molar-refractivity contribution is 0.0922. The Kier molecular flexibility index (Phi) is 3.45. The van der Waals surface area contributed by atoms with Gasteiger partial charge in [0.05, 0.1) is 12.2 Å². The first-order valence-electron chi connectivity index (χ1n) is 6.98. The number of nitrogens with one attached hydrogen (secondary N) is 1. The molecule has 5 nitrogen and oxygen atoms in total. The van der Waals surface area contributed by atoms with Crippen molar-refractivity contribution < 1.29 is 9.18 Å². The van der Waals surface area contributed by atoms with Crippen molar-refractivity contribution in [3.63, 3.8) is 0 Å². The van der Waals surface area contributed by atoms with Gasteiger partial charge in [-0.3, -0.25) is 4.79 Å². The quantitative estimate of drug-likeness (QED) is 0.937. The predicted molar refractivity (Wildman–Crippen MR) is 75.1 cm³/mol. The normalized spacial score (nSPS) is 15.8. The molecular weight excluding hydrogens is 271 g/mol. The highest BCUT2D eigenvalue weighted by Gasteiger charge is 2.34. The van der Waals surface area contributed by atoms with Crippen molar-refractivity contribution in [1.29, 1.82) is 0 Å². The average molecular weight is 288 g/mol. The lowest BCUT2D eigenvalue weighted by atomic mass is 10.00. The number of rotatable bonds is 4. The second kappa shape index (κ2) is 5.27. The number of hydrogen-bond donors (Lipinski definition) is 1. The summed E-state index contributed by atoms with van der Waals surface area (Å²) in [6.07, 6.45) is 3.59. The summed E-state index contributed by atoms with van der Waals surface area (Å²) in [5, 5.41) is 10.5. The van der Waals surface area contributed by atoms with E-state index >= 15 is 0 Å². The summed E-state index contributed by atoms with van der Waals surface area (Å²) in [4.78, 5) is 12.3. The van der Waals surface area contributed by atoms with Crippen LogP contribution in [-0.4, -0.2) is 20.9 Å². The van der Waals surface area contributed by atoms with E-state index in [4.69, 9.17) is 0 Å². The first-order valence-corrected chi connectivity index (χ1v) is 6.98. The smallest absolute Gasteiger partial charge is 0.271 e. The van der Waals surface area contributed by atoms with E-state index in [1.54, 1.807) is 26.1 Å². The summed E-state index contributed by atoms with van der Waals surface area (Å²) < 4.78 is 14.9. The van der Waals surface area contributed by atoms with Crippen molar-refractivity contribution in [2.45, 2.75) is 25.8 Å². The van der Waals surface area contributed by atoms with Gasteiger partial charge in [0.2, 0.25) is 0 Å². The van der Waals surface area contributed by atoms with Gasteiger partial charge in [-0.1, -0.05) is 17.3 Å². The number of hydrogen-bond acceptors (Lipinski definition) is 3. The van der Waals surface area contributed by atoms with E-state index < -0.39 is 0 Å². The topological polar surface area (TPSA) is 59.8 Å². The van der Waals surface area contributed by atoms with Gasteiger partial charge < -0.3 is 5.32 Å². The third-order valence-corrected chi connectivity index (χ3v) is 3.87. The maximum Gasteiger partial charge on any atom is 0.271 e. The Labute approximate surface area is 122 Å². The number of halogens is 1. The molecule has 1 aliphatic rings. The predicted octanol–water partition coefficient (Wildman–Crippen LogP) is 2.14. The van der Waals surface area contributed by atoms with Crippen LogP contribution < -0.4 is 5.32 Å². The SMILES string of the molecule is Cc1cc(C(NC(=O)c2cnnn2C)C2CC2)ccc1F. The molecule has 0 radical (unpaired) electrons. The molecule has 6 heteroatoms. The highest BCUT2D eigenvalue weighted by atomic mass is 19.1. The molecule has 1 fully saturated rings. The molecule has 1 unspecified atom stereocenters. The number of benzene rings is 1. The van der Waals surface area contributed by atoms with Crippen LogP contribution in [0.3, 0.4) is 0 Å². The number of nitrogens with zero attached hydrogens (tertiary/aromatic N) is 3. The van der Waals surface area contributed by atoms with E-state index in [2.05, 4.69) is 15.6 Å². The Hall–Kier alpha value is -2.24. The Morgan fingerprint density at radius 3 is 2.81 bits per heavy atom. The highest BCUT2D eigenvalue weighted by molar-refractivity contribution is 5.92. The second-order valence-corrected chi connectivity index (χ2v) is 5.54. The number of carbonyl (C=O) groups excluding carboxylic acids is 1. The molecule has 0 spiro atoms. The van der Waals surface area contributed by atoms with Gasteiger partial charge in [0.25, 0.3) is 5.91 Å². The van der Waals surface area contributed by atoms with Crippen LogP contribution in [0.2, 0.25) is 0 Å². The summed E-state index contributed by atoms with van der Waals surface area (Å²) in [5.41, 5.74) is 1.95. The van der Waals surface area contributed by atoms with Crippen LogP contribution in [0.4, 0.5) is 4.39 Å². The summed E-state index contributed by atoms with van der Waals surface area (Å²) in [6, 6.07) is 4.91. The summed E-state index contributed by atoms with van der Waals surface area (Å²) in [6.45, 7) is 1.73. The van der Waals surface area contributed by atoms with Gasteiger partial charge in [-0.2, -0.15) is 0 Å². The maximum absolute atomic E-state index is 13.4. The first kappa shape index (κ1) is 13.7. The molecule has 1 atom stereocenters. The summed E-state index contributed by atoms with van der Waals surface area (Å²) >= 11 is 0. The molecule has 1 aromatic heterocycles. The average Bonchev–Trinajstić information content (AvgIpc) is 3.20. The molecule has 0 aliphatic heterocycles. The molecule has 2 aromatic rings. The Balaban J connectivity index is 1.84. The van der Waals surface area contributed by atoms with Crippen molar-refractivity contribution in [1.82, 2.24) is 20.3 Å². The fraction of sp³-hybridized carbons (Fsp3) is 0.400. The zero-order valence-electron chi connectivity index (χ0n) is 12.0. The van der Waals surface area contributed by atoms with E-state index in [0.717, 1.165) is 18.4 Å². The Morgan fingerprint density at radius 2 is 2.24 bits per heavy atom. The van der Waals surface area contributed by atoms with Gasteiger partial charge in [-0.15, -0.1) is 5.10 Å². The first-order chi connectivity index (χ1) is 10.1. The summed E-state index contributed by atoms with van der Waals surface area (Å²) in [7, 11) is 1.68. The molecule has 1 aliphatic carbocycles. The van der Waals surface area contributed by atoms with Crippen LogP contribution in [0.15, 0.2) is 24.4 Å². The molecule has 1 heterocycles. The number of carbonyl (C=O) groups is 1.